The summed E-state index contributed by atoms with van der Waals surface area (Å²) in [6.45, 7) is 6.82. The number of carbonyl (C=O) groups excluding carboxylic acids is 2. The van der Waals surface area contributed by atoms with Crippen LogP contribution in [0.1, 0.15) is 29.2 Å². The molecule has 2 aliphatic rings. The predicted molar refractivity (Wildman–Crippen MR) is 118 cm³/mol. The lowest BCUT2D eigenvalue weighted by Gasteiger charge is -2.27. The topological polar surface area (TPSA) is 71.3 Å². The first-order valence-corrected chi connectivity index (χ1v) is 10.9. The van der Waals surface area contributed by atoms with Crippen molar-refractivity contribution >= 4 is 17.4 Å². The summed E-state index contributed by atoms with van der Waals surface area (Å²) in [6, 6.07) is 16.2. The monoisotopic (exact) mass is 421 g/mol. The minimum Gasteiger partial charge on any atom is -0.507 e. The Labute approximate surface area is 182 Å². The third-order valence-corrected chi connectivity index (χ3v) is 6.11. The molecule has 2 aliphatic heterocycles. The molecule has 2 saturated heterocycles. The van der Waals surface area contributed by atoms with Gasteiger partial charge in [0.05, 0.1) is 31.4 Å². The number of nitrogens with zero attached hydrogens (tertiary/aromatic N) is 1. The number of ether oxygens (including phenoxy) is 1. The van der Waals surface area contributed by atoms with Crippen molar-refractivity contribution in [3.05, 3.63) is 76.9 Å². The van der Waals surface area contributed by atoms with Crippen LogP contribution >= 0.6 is 0 Å². The van der Waals surface area contributed by atoms with Crippen LogP contribution in [0.3, 0.4) is 0 Å². The van der Waals surface area contributed by atoms with Gasteiger partial charge >= 0.3 is 0 Å². The van der Waals surface area contributed by atoms with Crippen LogP contribution in [-0.4, -0.2) is 61.1 Å². The van der Waals surface area contributed by atoms with Crippen LogP contribution in [0.25, 0.3) is 5.76 Å². The fourth-order valence-electron chi connectivity index (χ4n) is 4.37. The van der Waals surface area contributed by atoms with E-state index in [9.17, 15) is 14.7 Å². The Morgan fingerprint density at radius 1 is 1.06 bits per heavy atom. The van der Waals surface area contributed by atoms with Gasteiger partial charge in [-0.2, -0.15) is 0 Å². The van der Waals surface area contributed by atoms with Crippen LogP contribution in [0.15, 0.2) is 60.2 Å². The second kappa shape index (κ2) is 9.45. The number of Topliss-reactive ketones (excluding diaryl/α,β-unsaturated/α-hetero) is 1. The number of hydrogen-bond donors (Lipinski definition) is 2. The number of rotatable bonds is 6. The number of aliphatic hydroxyl groups excluding tert-OH is 1. The standard InChI is InChI=1S/C25H28N2O4/c1-18-8-10-20(11-9-18)23(28)21-22(19-6-3-2-4-7-19)27(25(30)24(21)29)13-5-12-26-14-16-31-17-15-26/h2-4,6-11,22,28H,5,12-17H2,1H3/p+1/t22-/m1/s1. The highest BCUT2D eigenvalue weighted by Gasteiger charge is 2.45. The van der Waals surface area contributed by atoms with E-state index < -0.39 is 17.7 Å². The molecule has 31 heavy (non-hydrogen) atoms. The number of benzene rings is 2. The fraction of sp³-hybridized carbons (Fsp3) is 0.360. The Morgan fingerprint density at radius 2 is 1.74 bits per heavy atom. The molecule has 1 amide bonds. The molecule has 2 aromatic rings. The zero-order valence-corrected chi connectivity index (χ0v) is 17.8. The van der Waals surface area contributed by atoms with Gasteiger partial charge in [-0.3, -0.25) is 9.59 Å². The van der Waals surface area contributed by atoms with Gasteiger partial charge in [0.1, 0.15) is 18.8 Å². The molecule has 0 bridgehead atoms. The van der Waals surface area contributed by atoms with Crippen LogP contribution in [-0.2, 0) is 14.3 Å². The van der Waals surface area contributed by atoms with Crippen molar-refractivity contribution in [1.29, 1.82) is 0 Å². The number of nitrogens with one attached hydrogen (secondary N) is 1. The Hall–Kier alpha value is -2.96. The molecule has 2 aromatic carbocycles. The molecule has 0 unspecified atom stereocenters. The average Bonchev–Trinajstić information content (AvgIpc) is 3.05. The summed E-state index contributed by atoms with van der Waals surface area (Å²) in [7, 11) is 0. The molecule has 2 N–H and O–H groups in total. The molecular formula is C25H29N2O4+. The first-order valence-electron chi connectivity index (χ1n) is 10.9. The Kier molecular flexibility index (Phi) is 6.49. The largest absolute Gasteiger partial charge is 0.507 e. The molecule has 6 nitrogen and oxygen atoms in total. The second-order valence-corrected chi connectivity index (χ2v) is 8.24. The van der Waals surface area contributed by atoms with Gasteiger partial charge in [-0.15, -0.1) is 0 Å². The highest BCUT2D eigenvalue weighted by molar-refractivity contribution is 6.46. The number of amides is 1. The molecule has 0 saturated carbocycles. The number of hydrogen-bond acceptors (Lipinski definition) is 4. The van der Waals surface area contributed by atoms with Gasteiger partial charge in [-0.25, -0.2) is 0 Å². The van der Waals surface area contributed by atoms with E-state index in [2.05, 4.69) is 0 Å². The molecule has 162 valence electrons. The number of aliphatic hydroxyl groups is 1. The number of ketones is 1. The van der Waals surface area contributed by atoms with Gasteiger partial charge < -0.3 is 19.6 Å². The van der Waals surface area contributed by atoms with Crippen LogP contribution in [0.2, 0.25) is 0 Å². The number of likely N-dealkylation sites (tertiary alicyclic amines) is 1. The quantitative estimate of drug-likeness (QED) is 0.423. The maximum atomic E-state index is 13.0. The zero-order chi connectivity index (χ0) is 21.8. The summed E-state index contributed by atoms with van der Waals surface area (Å²) in [6.07, 6.45) is 0.788. The Balaban J connectivity index is 1.64. The van der Waals surface area contributed by atoms with Crippen molar-refractivity contribution in [2.45, 2.75) is 19.4 Å². The normalized spacial score (nSPS) is 21.6. The smallest absolute Gasteiger partial charge is 0.295 e. The highest BCUT2D eigenvalue weighted by atomic mass is 16.5. The summed E-state index contributed by atoms with van der Waals surface area (Å²) in [4.78, 5) is 29.1. The Bertz CT molecular complexity index is 963. The first-order chi connectivity index (χ1) is 15.1. The minimum atomic E-state index is -0.620. The third kappa shape index (κ3) is 4.55. The summed E-state index contributed by atoms with van der Waals surface area (Å²) in [5.41, 5.74) is 2.59. The van der Waals surface area contributed by atoms with E-state index in [-0.39, 0.29) is 11.3 Å². The average molecular weight is 422 g/mol. The van der Waals surface area contributed by atoms with E-state index in [0.29, 0.717) is 12.1 Å². The van der Waals surface area contributed by atoms with Gasteiger partial charge in [0, 0.05) is 18.5 Å². The third-order valence-electron chi connectivity index (χ3n) is 6.11. The molecule has 2 heterocycles. The van der Waals surface area contributed by atoms with E-state index in [0.717, 1.165) is 50.4 Å². The van der Waals surface area contributed by atoms with Crippen molar-refractivity contribution in [3.8, 4) is 0 Å². The molecule has 0 aliphatic carbocycles. The van der Waals surface area contributed by atoms with Crippen LogP contribution in [0.4, 0.5) is 0 Å². The Morgan fingerprint density at radius 3 is 2.42 bits per heavy atom. The predicted octanol–water partition coefficient (Wildman–Crippen LogP) is 1.72. The van der Waals surface area contributed by atoms with E-state index in [1.165, 1.54) is 4.90 Å². The fourth-order valence-corrected chi connectivity index (χ4v) is 4.37. The van der Waals surface area contributed by atoms with Gasteiger partial charge in [0.25, 0.3) is 11.7 Å². The number of aryl methyl sites for hydroxylation is 1. The maximum absolute atomic E-state index is 13.0. The lowest BCUT2D eigenvalue weighted by Crippen LogP contribution is -3.14. The summed E-state index contributed by atoms with van der Waals surface area (Å²) in [5.74, 6) is -1.28. The van der Waals surface area contributed by atoms with Crippen LogP contribution in [0, 0.1) is 6.92 Å². The second-order valence-electron chi connectivity index (χ2n) is 8.24. The van der Waals surface area contributed by atoms with Gasteiger partial charge in [-0.05, 0) is 12.5 Å². The summed E-state index contributed by atoms with van der Waals surface area (Å²) >= 11 is 0. The summed E-state index contributed by atoms with van der Waals surface area (Å²) < 4.78 is 5.41. The number of morpholine rings is 1. The molecule has 2 fully saturated rings. The first kappa shape index (κ1) is 21.3. The van der Waals surface area contributed by atoms with Gasteiger partial charge in [0.15, 0.2) is 0 Å². The highest BCUT2D eigenvalue weighted by Crippen LogP contribution is 2.39. The molecule has 6 heteroatoms. The molecule has 0 spiro atoms. The number of carbonyl (C=O) groups is 2. The van der Waals surface area contributed by atoms with Crippen molar-refractivity contribution in [3.63, 3.8) is 0 Å². The summed E-state index contributed by atoms with van der Waals surface area (Å²) in [5, 5.41) is 11.0. The van der Waals surface area contributed by atoms with Crippen LogP contribution in [0.5, 0.6) is 0 Å². The zero-order valence-electron chi connectivity index (χ0n) is 17.8. The van der Waals surface area contributed by atoms with Crippen molar-refractivity contribution in [2.24, 2.45) is 0 Å². The SMILES string of the molecule is Cc1ccc(C(O)=C2C(=O)C(=O)N(CCC[NH+]3CCOCC3)[C@@H]2c2ccccc2)cc1. The molecular weight excluding hydrogens is 392 g/mol. The molecule has 0 radical (unpaired) electrons. The lowest BCUT2D eigenvalue weighted by atomic mass is 9.95. The number of quaternary nitrogens is 1. The van der Waals surface area contributed by atoms with E-state index in [4.69, 9.17) is 4.74 Å². The molecule has 0 aromatic heterocycles. The van der Waals surface area contributed by atoms with E-state index in [1.54, 1.807) is 17.0 Å². The van der Waals surface area contributed by atoms with E-state index in [1.807, 2.05) is 49.4 Å². The van der Waals surface area contributed by atoms with Gasteiger partial charge in [-0.1, -0.05) is 60.2 Å². The molecule has 1 atom stereocenters. The van der Waals surface area contributed by atoms with Crippen molar-refractivity contribution in [2.75, 3.05) is 39.4 Å². The maximum Gasteiger partial charge on any atom is 0.295 e. The molecule has 4 rings (SSSR count). The lowest BCUT2D eigenvalue weighted by molar-refractivity contribution is -0.908. The van der Waals surface area contributed by atoms with E-state index >= 15 is 0 Å². The van der Waals surface area contributed by atoms with Crippen LogP contribution < -0.4 is 4.90 Å². The van der Waals surface area contributed by atoms with Crippen molar-refractivity contribution < 1.29 is 24.3 Å². The van der Waals surface area contributed by atoms with Gasteiger partial charge in [0.2, 0.25) is 0 Å². The van der Waals surface area contributed by atoms with Crippen molar-refractivity contribution in [1.82, 2.24) is 4.90 Å². The minimum absolute atomic E-state index is 0.117.